The maximum absolute atomic E-state index is 3.94. The first kappa shape index (κ1) is 11.7. The molecule has 0 saturated carbocycles. The van der Waals surface area contributed by atoms with Gasteiger partial charge in [0.05, 0.1) is 0 Å². The van der Waals surface area contributed by atoms with Gasteiger partial charge < -0.3 is 0 Å². The lowest BCUT2D eigenvalue weighted by Gasteiger charge is -2.25. The van der Waals surface area contributed by atoms with Gasteiger partial charge in [0, 0.05) is 0 Å². The van der Waals surface area contributed by atoms with Gasteiger partial charge in [0.15, 0.2) is 0 Å². The molecule has 0 nitrogen and oxygen atoms in total. The fourth-order valence-corrected chi connectivity index (χ4v) is 1.49. The highest BCUT2D eigenvalue weighted by atomic mass is 14.2. The van der Waals surface area contributed by atoms with Crippen molar-refractivity contribution in [3.8, 4) is 0 Å². The molecule has 0 aliphatic carbocycles. The topological polar surface area (TPSA) is 0 Å². The first-order chi connectivity index (χ1) is 5.68. The zero-order chi connectivity index (χ0) is 9.45. The Morgan fingerprint density at radius 3 is 1.75 bits per heavy atom. The number of hydrogen-bond acceptors (Lipinski definition) is 0. The Kier molecular flexibility index (Phi) is 6.14. The summed E-state index contributed by atoms with van der Waals surface area (Å²) in [5.74, 6) is 0. The molecule has 0 unspecified atom stereocenters. The highest BCUT2D eigenvalue weighted by molar-refractivity contribution is 4.90. The highest BCUT2D eigenvalue weighted by Gasteiger charge is 2.17. The van der Waals surface area contributed by atoms with E-state index < -0.39 is 0 Å². The summed E-state index contributed by atoms with van der Waals surface area (Å²) in [4.78, 5) is 0. The maximum Gasteiger partial charge on any atom is -0.0149 e. The highest BCUT2D eigenvalue weighted by Crippen LogP contribution is 2.31. The van der Waals surface area contributed by atoms with E-state index in [1.165, 1.54) is 38.5 Å². The van der Waals surface area contributed by atoms with E-state index in [0.29, 0.717) is 5.41 Å². The molecular weight excluding hydrogens is 144 g/mol. The monoisotopic (exact) mass is 168 g/mol. The van der Waals surface area contributed by atoms with Crippen molar-refractivity contribution in [3.05, 3.63) is 12.7 Å². The van der Waals surface area contributed by atoms with Gasteiger partial charge in [-0.15, -0.1) is 6.58 Å². The van der Waals surface area contributed by atoms with E-state index in [1.807, 2.05) is 0 Å². The number of unbranched alkanes of at least 4 members (excludes halogenated alkanes) is 2. The van der Waals surface area contributed by atoms with Crippen molar-refractivity contribution in [2.45, 2.75) is 59.3 Å². The first-order valence-electron chi connectivity index (χ1n) is 5.32. The molecule has 0 heterocycles. The summed E-state index contributed by atoms with van der Waals surface area (Å²) in [6.07, 6.45) is 10.1. The largest absolute Gasteiger partial charge is 0.103 e. The van der Waals surface area contributed by atoms with E-state index in [9.17, 15) is 0 Å². The molecule has 0 spiro atoms. The molecule has 0 aromatic carbocycles. The minimum Gasteiger partial charge on any atom is -0.103 e. The Morgan fingerprint density at radius 2 is 1.50 bits per heavy atom. The van der Waals surface area contributed by atoms with Crippen molar-refractivity contribution in [3.63, 3.8) is 0 Å². The Bertz CT molecular complexity index is 105. The van der Waals surface area contributed by atoms with Crippen molar-refractivity contribution in [1.82, 2.24) is 0 Å². The molecule has 0 radical (unpaired) electrons. The van der Waals surface area contributed by atoms with Gasteiger partial charge in [-0.2, -0.15) is 0 Å². The van der Waals surface area contributed by atoms with Crippen LogP contribution in [0.3, 0.4) is 0 Å². The summed E-state index contributed by atoms with van der Waals surface area (Å²) in [5, 5.41) is 0. The van der Waals surface area contributed by atoms with Crippen LogP contribution in [0.5, 0.6) is 0 Å². The van der Waals surface area contributed by atoms with Crippen LogP contribution in [0.2, 0.25) is 0 Å². The van der Waals surface area contributed by atoms with E-state index in [-0.39, 0.29) is 0 Å². The van der Waals surface area contributed by atoms with Gasteiger partial charge in [-0.1, -0.05) is 52.5 Å². The van der Waals surface area contributed by atoms with Gasteiger partial charge in [0.25, 0.3) is 0 Å². The van der Waals surface area contributed by atoms with Crippen LogP contribution in [-0.2, 0) is 0 Å². The van der Waals surface area contributed by atoms with Gasteiger partial charge in [-0.25, -0.2) is 0 Å². The lowest BCUT2D eigenvalue weighted by molar-refractivity contribution is 0.338. The molecule has 72 valence electrons. The van der Waals surface area contributed by atoms with Gasteiger partial charge in [0.2, 0.25) is 0 Å². The van der Waals surface area contributed by atoms with E-state index in [2.05, 4.69) is 33.4 Å². The molecule has 0 N–H and O–H groups in total. The number of hydrogen-bond donors (Lipinski definition) is 0. The summed E-state index contributed by atoms with van der Waals surface area (Å²) in [5.41, 5.74) is 0.409. The van der Waals surface area contributed by atoms with Crippen LogP contribution in [0, 0.1) is 5.41 Å². The summed E-state index contributed by atoms with van der Waals surface area (Å²) in [6.45, 7) is 10.8. The zero-order valence-electron chi connectivity index (χ0n) is 9.03. The SMILES string of the molecule is C=CC(C)(CCCC)CCCC. The van der Waals surface area contributed by atoms with Gasteiger partial charge in [-0.05, 0) is 18.3 Å². The fraction of sp³-hybridized carbons (Fsp3) is 0.833. The third kappa shape index (κ3) is 4.58. The second kappa shape index (κ2) is 6.28. The van der Waals surface area contributed by atoms with Crippen LogP contribution < -0.4 is 0 Å². The van der Waals surface area contributed by atoms with E-state index in [1.54, 1.807) is 0 Å². The molecular formula is C12H24. The minimum absolute atomic E-state index is 0.409. The van der Waals surface area contributed by atoms with Crippen LogP contribution in [-0.4, -0.2) is 0 Å². The summed E-state index contributed by atoms with van der Waals surface area (Å²) in [6, 6.07) is 0. The Labute approximate surface area is 78.1 Å². The van der Waals surface area contributed by atoms with Gasteiger partial charge >= 0.3 is 0 Å². The third-order valence-corrected chi connectivity index (χ3v) is 2.70. The molecule has 0 atom stereocenters. The lowest BCUT2D eigenvalue weighted by atomic mass is 9.80. The van der Waals surface area contributed by atoms with Crippen molar-refractivity contribution in [1.29, 1.82) is 0 Å². The Morgan fingerprint density at radius 1 is 1.08 bits per heavy atom. The summed E-state index contributed by atoms with van der Waals surface area (Å²) in [7, 11) is 0. The quantitative estimate of drug-likeness (QED) is 0.489. The van der Waals surface area contributed by atoms with Crippen LogP contribution >= 0.6 is 0 Å². The van der Waals surface area contributed by atoms with Crippen molar-refractivity contribution in [2.75, 3.05) is 0 Å². The van der Waals surface area contributed by atoms with Gasteiger partial charge in [0.1, 0.15) is 0 Å². The molecule has 0 heteroatoms. The molecule has 0 fully saturated rings. The van der Waals surface area contributed by atoms with E-state index in [4.69, 9.17) is 0 Å². The molecule has 0 rings (SSSR count). The Balaban J connectivity index is 3.78. The smallest absolute Gasteiger partial charge is 0.0149 e. The second-order valence-corrected chi connectivity index (χ2v) is 4.07. The van der Waals surface area contributed by atoms with E-state index >= 15 is 0 Å². The molecule has 0 saturated heterocycles. The van der Waals surface area contributed by atoms with Crippen LogP contribution in [0.25, 0.3) is 0 Å². The second-order valence-electron chi connectivity index (χ2n) is 4.07. The minimum atomic E-state index is 0.409. The number of allylic oxidation sites excluding steroid dienone is 1. The maximum atomic E-state index is 3.94. The average molecular weight is 168 g/mol. The van der Waals surface area contributed by atoms with Crippen molar-refractivity contribution in [2.24, 2.45) is 5.41 Å². The predicted octanol–water partition coefficient (Wildman–Crippen LogP) is 4.56. The molecule has 0 aromatic heterocycles. The lowest BCUT2D eigenvalue weighted by Crippen LogP contribution is -2.12. The van der Waals surface area contributed by atoms with Gasteiger partial charge in [-0.3, -0.25) is 0 Å². The first-order valence-corrected chi connectivity index (χ1v) is 5.32. The fourth-order valence-electron chi connectivity index (χ4n) is 1.49. The Hall–Kier alpha value is -0.260. The van der Waals surface area contributed by atoms with E-state index in [0.717, 1.165) is 0 Å². The molecule has 0 amide bonds. The molecule has 12 heavy (non-hydrogen) atoms. The molecule has 0 bridgehead atoms. The van der Waals surface area contributed by atoms with Crippen LogP contribution in [0.4, 0.5) is 0 Å². The zero-order valence-corrected chi connectivity index (χ0v) is 9.03. The standard InChI is InChI=1S/C12H24/c1-5-8-10-12(4,7-3)11-9-6-2/h7H,3,5-6,8-11H2,1-2,4H3. The average Bonchev–Trinajstić information content (AvgIpc) is 2.11. The summed E-state index contributed by atoms with van der Waals surface area (Å²) < 4.78 is 0. The number of rotatable bonds is 7. The van der Waals surface area contributed by atoms with Crippen LogP contribution in [0.1, 0.15) is 59.3 Å². The molecule has 0 aliphatic heterocycles. The molecule has 0 aromatic rings. The molecule has 0 aliphatic rings. The normalized spacial score (nSPS) is 11.6. The van der Waals surface area contributed by atoms with Crippen LogP contribution in [0.15, 0.2) is 12.7 Å². The van der Waals surface area contributed by atoms with Crippen molar-refractivity contribution < 1.29 is 0 Å². The van der Waals surface area contributed by atoms with Crippen molar-refractivity contribution >= 4 is 0 Å². The third-order valence-electron chi connectivity index (χ3n) is 2.70. The predicted molar refractivity (Wildman–Crippen MR) is 57.4 cm³/mol. The summed E-state index contributed by atoms with van der Waals surface area (Å²) >= 11 is 0.